The third kappa shape index (κ3) is 5.07. The van der Waals surface area contributed by atoms with E-state index in [1.54, 1.807) is 0 Å². The van der Waals surface area contributed by atoms with Crippen molar-refractivity contribution < 1.29 is 10.0 Å². The summed E-state index contributed by atoms with van der Waals surface area (Å²) in [6.07, 6.45) is 2.20. The SMILES string of the molecule is NC(CN1CCC(NC(=O)Cc2ccccc2)CC1)=NO. The summed E-state index contributed by atoms with van der Waals surface area (Å²) in [5, 5.41) is 14.6. The molecule has 114 valence electrons. The summed E-state index contributed by atoms with van der Waals surface area (Å²) < 4.78 is 0. The van der Waals surface area contributed by atoms with Gasteiger partial charge in [-0.1, -0.05) is 35.5 Å². The molecule has 0 bridgehead atoms. The predicted octanol–water partition coefficient (Wildman–Crippen LogP) is 0.556. The zero-order chi connectivity index (χ0) is 15.1. The highest BCUT2D eigenvalue weighted by Gasteiger charge is 2.21. The first kappa shape index (κ1) is 15.3. The molecule has 1 saturated heterocycles. The fourth-order valence-corrected chi connectivity index (χ4v) is 2.56. The van der Waals surface area contributed by atoms with Crippen molar-refractivity contribution in [3.63, 3.8) is 0 Å². The number of oxime groups is 1. The van der Waals surface area contributed by atoms with Gasteiger partial charge in [0.15, 0.2) is 5.84 Å². The van der Waals surface area contributed by atoms with Crippen LogP contribution in [-0.2, 0) is 11.2 Å². The summed E-state index contributed by atoms with van der Waals surface area (Å²) in [5.74, 6) is 0.289. The zero-order valence-corrected chi connectivity index (χ0v) is 12.0. The van der Waals surface area contributed by atoms with Crippen LogP contribution in [0, 0.1) is 0 Å². The number of rotatable bonds is 5. The van der Waals surface area contributed by atoms with Gasteiger partial charge in [0.25, 0.3) is 0 Å². The molecule has 6 nitrogen and oxygen atoms in total. The van der Waals surface area contributed by atoms with E-state index in [1.807, 2.05) is 30.3 Å². The number of nitrogens with two attached hydrogens (primary N) is 1. The topological polar surface area (TPSA) is 91.0 Å². The highest BCUT2D eigenvalue weighted by molar-refractivity contribution is 5.81. The Bertz CT molecular complexity index is 482. The largest absolute Gasteiger partial charge is 0.409 e. The molecule has 6 heteroatoms. The Balaban J connectivity index is 1.72. The van der Waals surface area contributed by atoms with Crippen molar-refractivity contribution in [2.75, 3.05) is 19.6 Å². The van der Waals surface area contributed by atoms with E-state index in [-0.39, 0.29) is 17.8 Å². The lowest BCUT2D eigenvalue weighted by atomic mass is 10.0. The Kier molecular flexibility index (Phi) is 5.57. The molecule has 1 fully saturated rings. The van der Waals surface area contributed by atoms with E-state index in [0.717, 1.165) is 31.5 Å². The number of carbonyl (C=O) groups excluding carboxylic acids is 1. The summed E-state index contributed by atoms with van der Waals surface area (Å²) in [5.41, 5.74) is 6.52. The number of hydrogen-bond acceptors (Lipinski definition) is 4. The number of amides is 1. The molecule has 2 rings (SSSR count). The van der Waals surface area contributed by atoms with Crippen LogP contribution in [0.15, 0.2) is 35.5 Å². The van der Waals surface area contributed by atoms with Crippen LogP contribution in [0.1, 0.15) is 18.4 Å². The molecule has 0 aromatic heterocycles. The molecule has 0 unspecified atom stereocenters. The van der Waals surface area contributed by atoms with E-state index in [0.29, 0.717) is 13.0 Å². The van der Waals surface area contributed by atoms with Crippen LogP contribution >= 0.6 is 0 Å². The molecule has 0 atom stereocenters. The van der Waals surface area contributed by atoms with Crippen LogP contribution in [0.25, 0.3) is 0 Å². The van der Waals surface area contributed by atoms with Crippen molar-refractivity contribution in [3.8, 4) is 0 Å². The third-order valence-electron chi connectivity index (χ3n) is 3.67. The van der Waals surface area contributed by atoms with Gasteiger partial charge in [-0.15, -0.1) is 0 Å². The van der Waals surface area contributed by atoms with Gasteiger partial charge < -0.3 is 16.3 Å². The fourth-order valence-electron chi connectivity index (χ4n) is 2.56. The second-order valence-electron chi connectivity index (χ2n) is 5.37. The van der Waals surface area contributed by atoms with Crippen molar-refractivity contribution in [3.05, 3.63) is 35.9 Å². The first-order chi connectivity index (χ1) is 10.2. The number of piperidine rings is 1. The van der Waals surface area contributed by atoms with Gasteiger partial charge in [-0.05, 0) is 18.4 Å². The zero-order valence-electron chi connectivity index (χ0n) is 12.0. The minimum Gasteiger partial charge on any atom is -0.409 e. The lowest BCUT2D eigenvalue weighted by molar-refractivity contribution is -0.121. The Morgan fingerprint density at radius 1 is 1.33 bits per heavy atom. The maximum absolute atomic E-state index is 12.0. The monoisotopic (exact) mass is 290 g/mol. The standard InChI is InChI=1S/C15H22N4O2/c16-14(18-21)11-19-8-6-13(7-9-19)17-15(20)10-12-4-2-1-3-5-12/h1-5,13,21H,6-11H2,(H2,16,18)(H,17,20). The van der Waals surface area contributed by atoms with E-state index in [1.165, 1.54) is 0 Å². The molecular weight excluding hydrogens is 268 g/mol. The summed E-state index contributed by atoms with van der Waals surface area (Å²) in [6, 6.07) is 9.95. The van der Waals surface area contributed by atoms with Gasteiger partial charge in [0, 0.05) is 19.1 Å². The van der Waals surface area contributed by atoms with Gasteiger partial charge in [0.1, 0.15) is 0 Å². The van der Waals surface area contributed by atoms with E-state index < -0.39 is 0 Å². The second kappa shape index (κ2) is 7.64. The minimum atomic E-state index is 0.0658. The molecule has 1 aliphatic rings. The summed E-state index contributed by atoms with van der Waals surface area (Å²) in [4.78, 5) is 14.1. The molecule has 0 aliphatic carbocycles. The maximum atomic E-state index is 12.0. The maximum Gasteiger partial charge on any atom is 0.224 e. The summed E-state index contributed by atoms with van der Waals surface area (Å²) in [7, 11) is 0. The van der Waals surface area contributed by atoms with Crippen molar-refractivity contribution >= 4 is 11.7 Å². The predicted molar refractivity (Wildman–Crippen MR) is 81.2 cm³/mol. The first-order valence-corrected chi connectivity index (χ1v) is 7.19. The first-order valence-electron chi connectivity index (χ1n) is 7.19. The van der Waals surface area contributed by atoms with Gasteiger partial charge in [0.05, 0.1) is 13.0 Å². The Morgan fingerprint density at radius 3 is 2.62 bits per heavy atom. The molecule has 1 aromatic carbocycles. The van der Waals surface area contributed by atoms with E-state index in [4.69, 9.17) is 10.9 Å². The molecular formula is C15H22N4O2. The third-order valence-corrected chi connectivity index (χ3v) is 3.67. The minimum absolute atomic E-state index is 0.0658. The molecule has 1 aliphatic heterocycles. The Labute approximate surface area is 124 Å². The van der Waals surface area contributed by atoms with E-state index >= 15 is 0 Å². The number of amidine groups is 1. The number of nitrogens with zero attached hydrogens (tertiary/aromatic N) is 2. The lowest BCUT2D eigenvalue weighted by Crippen LogP contribution is -2.47. The number of benzene rings is 1. The normalized spacial score (nSPS) is 17.6. The second-order valence-corrected chi connectivity index (χ2v) is 5.37. The van der Waals surface area contributed by atoms with Crippen molar-refractivity contribution in [1.29, 1.82) is 0 Å². The van der Waals surface area contributed by atoms with Gasteiger partial charge in [-0.3, -0.25) is 9.69 Å². The molecule has 1 amide bonds. The number of nitrogens with one attached hydrogen (secondary N) is 1. The molecule has 0 spiro atoms. The molecule has 0 saturated carbocycles. The van der Waals surface area contributed by atoms with Gasteiger partial charge in [-0.2, -0.15) is 0 Å². The number of likely N-dealkylation sites (tertiary alicyclic amines) is 1. The van der Waals surface area contributed by atoms with Gasteiger partial charge in [-0.25, -0.2) is 0 Å². The lowest BCUT2D eigenvalue weighted by Gasteiger charge is -2.31. The number of carbonyl (C=O) groups is 1. The molecule has 1 heterocycles. The van der Waals surface area contributed by atoms with Crippen molar-refractivity contribution in [2.24, 2.45) is 10.9 Å². The van der Waals surface area contributed by atoms with Crippen LogP contribution in [0.2, 0.25) is 0 Å². The van der Waals surface area contributed by atoms with E-state index in [9.17, 15) is 4.79 Å². The van der Waals surface area contributed by atoms with Crippen LogP contribution in [0.4, 0.5) is 0 Å². The quantitative estimate of drug-likeness (QED) is 0.320. The van der Waals surface area contributed by atoms with Crippen LogP contribution in [0.5, 0.6) is 0 Å². The van der Waals surface area contributed by atoms with Crippen LogP contribution in [-0.4, -0.2) is 47.5 Å². The highest BCUT2D eigenvalue weighted by atomic mass is 16.4. The molecule has 4 N–H and O–H groups in total. The summed E-state index contributed by atoms with van der Waals surface area (Å²) >= 11 is 0. The Morgan fingerprint density at radius 2 is 2.00 bits per heavy atom. The summed E-state index contributed by atoms with van der Waals surface area (Å²) in [6.45, 7) is 2.15. The van der Waals surface area contributed by atoms with Crippen LogP contribution < -0.4 is 11.1 Å². The van der Waals surface area contributed by atoms with Gasteiger partial charge >= 0.3 is 0 Å². The van der Waals surface area contributed by atoms with Crippen molar-refractivity contribution in [2.45, 2.75) is 25.3 Å². The van der Waals surface area contributed by atoms with Crippen molar-refractivity contribution in [1.82, 2.24) is 10.2 Å². The average Bonchev–Trinajstić information content (AvgIpc) is 2.50. The molecule has 1 aromatic rings. The molecule has 0 radical (unpaired) electrons. The average molecular weight is 290 g/mol. The molecule has 21 heavy (non-hydrogen) atoms. The Hall–Kier alpha value is -2.08. The van der Waals surface area contributed by atoms with Gasteiger partial charge in [0.2, 0.25) is 5.91 Å². The smallest absolute Gasteiger partial charge is 0.224 e. The number of hydrogen-bond donors (Lipinski definition) is 3. The highest BCUT2D eigenvalue weighted by Crippen LogP contribution is 2.10. The van der Waals surface area contributed by atoms with E-state index in [2.05, 4.69) is 15.4 Å². The van der Waals surface area contributed by atoms with Crippen LogP contribution in [0.3, 0.4) is 0 Å². The fraction of sp³-hybridized carbons (Fsp3) is 0.467.